The van der Waals surface area contributed by atoms with Gasteiger partial charge in [-0.25, -0.2) is 19.9 Å². The molecule has 2 heterocycles. The molecule has 0 spiro atoms. The Hall–Kier alpha value is -3.80. The van der Waals surface area contributed by atoms with E-state index in [1.54, 1.807) is 12.4 Å². The second-order valence-electron chi connectivity index (χ2n) is 8.07. The minimum Gasteiger partial charge on any atom is -0.368 e. The number of rotatable bonds is 6. The molecule has 3 N–H and O–H groups in total. The number of nitrogens with one attached hydrogen (secondary N) is 1. The third-order valence-electron chi connectivity index (χ3n) is 5.44. The lowest BCUT2D eigenvalue weighted by atomic mass is 10.0. The highest BCUT2D eigenvalue weighted by atomic mass is 15.0. The molecule has 6 nitrogen and oxygen atoms in total. The van der Waals surface area contributed by atoms with Crippen molar-refractivity contribution >= 4 is 11.8 Å². The van der Waals surface area contributed by atoms with Crippen LogP contribution in [-0.4, -0.2) is 19.9 Å². The summed E-state index contributed by atoms with van der Waals surface area (Å²) in [6.07, 6.45) is 4.48. The molecule has 6 heteroatoms. The molecule has 2 aromatic heterocycles. The number of hydrogen-bond acceptors (Lipinski definition) is 6. The highest BCUT2D eigenvalue weighted by Crippen LogP contribution is 2.27. The summed E-state index contributed by atoms with van der Waals surface area (Å²) in [6.45, 7) is 8.34. The number of aromatic nitrogens is 4. The Morgan fingerprint density at radius 3 is 2.44 bits per heavy atom. The van der Waals surface area contributed by atoms with Crippen LogP contribution >= 0.6 is 0 Å². The van der Waals surface area contributed by atoms with Gasteiger partial charge in [0.25, 0.3) is 0 Å². The van der Waals surface area contributed by atoms with Gasteiger partial charge in [-0.2, -0.15) is 0 Å². The molecule has 0 aliphatic rings. The Morgan fingerprint density at radius 1 is 0.906 bits per heavy atom. The molecule has 0 amide bonds. The topological polar surface area (TPSA) is 89.6 Å². The van der Waals surface area contributed by atoms with Gasteiger partial charge in [-0.1, -0.05) is 36.8 Å². The van der Waals surface area contributed by atoms with Crippen LogP contribution in [0.5, 0.6) is 0 Å². The van der Waals surface area contributed by atoms with Gasteiger partial charge in [0, 0.05) is 35.6 Å². The van der Waals surface area contributed by atoms with E-state index >= 15 is 0 Å². The second kappa shape index (κ2) is 9.14. The molecule has 0 unspecified atom stereocenters. The van der Waals surface area contributed by atoms with E-state index in [1.807, 2.05) is 25.1 Å². The minimum absolute atomic E-state index is 0.0514. The summed E-state index contributed by atoms with van der Waals surface area (Å²) in [4.78, 5) is 17.5. The van der Waals surface area contributed by atoms with Crippen LogP contribution < -0.4 is 11.1 Å². The van der Waals surface area contributed by atoms with Crippen molar-refractivity contribution in [1.82, 2.24) is 19.9 Å². The summed E-state index contributed by atoms with van der Waals surface area (Å²) in [5.41, 5.74) is 13.3. The van der Waals surface area contributed by atoms with E-state index in [2.05, 4.69) is 76.4 Å². The zero-order chi connectivity index (χ0) is 22.7. The molecule has 0 saturated heterocycles. The van der Waals surface area contributed by atoms with Gasteiger partial charge < -0.3 is 11.1 Å². The van der Waals surface area contributed by atoms with Crippen molar-refractivity contribution in [2.75, 3.05) is 11.1 Å². The smallest absolute Gasteiger partial charge is 0.219 e. The molecule has 162 valence electrons. The third kappa shape index (κ3) is 4.91. The molecule has 0 saturated carbocycles. The first-order chi connectivity index (χ1) is 15.4. The lowest BCUT2D eigenvalue weighted by Crippen LogP contribution is -2.09. The summed E-state index contributed by atoms with van der Waals surface area (Å²) >= 11 is 0. The van der Waals surface area contributed by atoms with Crippen LogP contribution in [0.1, 0.15) is 42.4 Å². The predicted octanol–water partition coefficient (Wildman–Crippen LogP) is 5.54. The maximum absolute atomic E-state index is 5.62. The van der Waals surface area contributed by atoms with E-state index in [1.165, 1.54) is 11.1 Å². The second-order valence-corrected chi connectivity index (χ2v) is 8.07. The number of hydrogen-bond donors (Lipinski definition) is 2. The van der Waals surface area contributed by atoms with Crippen molar-refractivity contribution in [3.8, 4) is 22.4 Å². The zero-order valence-corrected chi connectivity index (χ0v) is 18.9. The maximum Gasteiger partial charge on any atom is 0.219 e. The maximum atomic E-state index is 5.62. The quantitative estimate of drug-likeness (QED) is 0.423. The van der Waals surface area contributed by atoms with Gasteiger partial charge in [0.2, 0.25) is 5.95 Å². The third-order valence-corrected chi connectivity index (χ3v) is 5.44. The number of nitrogens with zero attached hydrogens (tertiary/aromatic N) is 4. The van der Waals surface area contributed by atoms with Crippen molar-refractivity contribution in [1.29, 1.82) is 0 Å². The molecule has 0 aliphatic carbocycles. The van der Waals surface area contributed by atoms with Crippen molar-refractivity contribution in [2.45, 2.75) is 40.2 Å². The van der Waals surface area contributed by atoms with Gasteiger partial charge in [0.1, 0.15) is 11.6 Å². The van der Waals surface area contributed by atoms with Gasteiger partial charge in [-0.05, 0) is 62.1 Å². The minimum atomic E-state index is 0.0514. The van der Waals surface area contributed by atoms with Gasteiger partial charge >= 0.3 is 0 Å². The molecule has 4 aromatic rings. The Morgan fingerprint density at radius 2 is 1.69 bits per heavy atom. The van der Waals surface area contributed by atoms with Gasteiger partial charge in [0.05, 0.1) is 5.69 Å². The number of benzene rings is 2. The van der Waals surface area contributed by atoms with Gasteiger partial charge in [0.15, 0.2) is 0 Å². The lowest BCUT2D eigenvalue weighted by Gasteiger charge is -2.17. The fraction of sp³-hybridized carbons (Fsp3) is 0.231. The van der Waals surface area contributed by atoms with Crippen LogP contribution in [0, 0.1) is 13.8 Å². The number of aryl methyl sites for hydroxylation is 3. The van der Waals surface area contributed by atoms with Gasteiger partial charge in [-0.3, -0.25) is 0 Å². The molecule has 4 rings (SSSR count). The van der Waals surface area contributed by atoms with E-state index in [0.29, 0.717) is 0 Å². The zero-order valence-electron chi connectivity index (χ0n) is 18.9. The number of anilines is 2. The lowest BCUT2D eigenvalue weighted by molar-refractivity contribution is 0.868. The fourth-order valence-corrected chi connectivity index (χ4v) is 3.78. The van der Waals surface area contributed by atoms with E-state index in [-0.39, 0.29) is 12.0 Å². The largest absolute Gasteiger partial charge is 0.368 e. The summed E-state index contributed by atoms with van der Waals surface area (Å²) < 4.78 is 0. The summed E-state index contributed by atoms with van der Waals surface area (Å²) in [6, 6.07) is 17.0. The first-order valence-electron chi connectivity index (χ1n) is 10.8. The van der Waals surface area contributed by atoms with Crippen LogP contribution in [0.3, 0.4) is 0 Å². The summed E-state index contributed by atoms with van der Waals surface area (Å²) in [5, 5.41) is 3.54. The normalized spacial score (nSPS) is 11.9. The first-order valence-corrected chi connectivity index (χ1v) is 10.8. The number of nitrogen functional groups attached to an aromatic ring is 1. The monoisotopic (exact) mass is 424 g/mol. The van der Waals surface area contributed by atoms with Crippen LogP contribution in [0.2, 0.25) is 0 Å². The standard InChI is InChI=1S/C26H28N6/c1-5-19-9-16(2)10-22(11-19)24-13-25(32-18(4)31-24)30-17(3)20-7-6-8-21(12-20)23-14-28-26(27)29-15-23/h6-15,17H,5H2,1-4H3,(H2,27,28,29)(H,30,31,32)/t17-/m0/s1. The van der Waals surface area contributed by atoms with Crippen molar-refractivity contribution < 1.29 is 0 Å². The molecular weight excluding hydrogens is 396 g/mol. The summed E-state index contributed by atoms with van der Waals surface area (Å²) in [7, 11) is 0. The van der Waals surface area contributed by atoms with Crippen LogP contribution in [0.4, 0.5) is 11.8 Å². The van der Waals surface area contributed by atoms with E-state index < -0.39 is 0 Å². The molecule has 32 heavy (non-hydrogen) atoms. The van der Waals surface area contributed by atoms with Crippen LogP contribution in [-0.2, 0) is 6.42 Å². The van der Waals surface area contributed by atoms with Crippen molar-refractivity contribution in [3.63, 3.8) is 0 Å². The van der Waals surface area contributed by atoms with Crippen molar-refractivity contribution in [3.05, 3.63) is 83.4 Å². The average molecular weight is 425 g/mol. The molecule has 0 fully saturated rings. The van der Waals surface area contributed by atoms with Crippen LogP contribution in [0.15, 0.2) is 60.9 Å². The van der Waals surface area contributed by atoms with E-state index in [9.17, 15) is 0 Å². The summed E-state index contributed by atoms with van der Waals surface area (Å²) in [5.74, 6) is 1.82. The highest BCUT2D eigenvalue weighted by molar-refractivity contribution is 5.65. The molecule has 0 aliphatic heterocycles. The molecule has 0 bridgehead atoms. The van der Waals surface area contributed by atoms with E-state index in [4.69, 9.17) is 5.73 Å². The van der Waals surface area contributed by atoms with E-state index in [0.717, 1.165) is 46.0 Å². The number of nitrogens with two attached hydrogens (primary N) is 1. The Bertz CT molecular complexity index is 1230. The average Bonchev–Trinajstić information content (AvgIpc) is 2.79. The molecular formula is C26H28N6. The van der Waals surface area contributed by atoms with Gasteiger partial charge in [-0.15, -0.1) is 0 Å². The highest BCUT2D eigenvalue weighted by Gasteiger charge is 2.11. The Balaban J connectivity index is 1.60. The van der Waals surface area contributed by atoms with Crippen molar-refractivity contribution in [2.24, 2.45) is 0 Å². The molecule has 1 atom stereocenters. The first kappa shape index (κ1) is 21.4. The fourth-order valence-electron chi connectivity index (χ4n) is 3.78. The van der Waals surface area contributed by atoms with Crippen LogP contribution in [0.25, 0.3) is 22.4 Å². The molecule has 0 radical (unpaired) electrons. The Kier molecular flexibility index (Phi) is 6.12. The molecule has 2 aromatic carbocycles. The predicted molar refractivity (Wildman–Crippen MR) is 130 cm³/mol. The Labute approximate surface area is 189 Å². The SMILES string of the molecule is CCc1cc(C)cc(-c2cc(N[C@@H](C)c3cccc(-c4cnc(N)nc4)c3)nc(C)n2)c1.